The molecule has 0 aliphatic carbocycles. The molecule has 2 aliphatic rings. The fraction of sp³-hybridized carbons (Fsp3) is 0. The summed E-state index contributed by atoms with van der Waals surface area (Å²) in [5.74, 6) is 5.77. The maximum Gasteiger partial charge on any atom is 0.0923 e. The number of benzene rings is 1. The number of fused-ring (bicyclic) bond motifs is 3. The zero-order chi connectivity index (χ0) is 9.54. The first kappa shape index (κ1) is 7.46. The molecule has 0 aromatic heterocycles. The number of nitrogens with zero attached hydrogens (tertiary/aromatic N) is 2. The van der Waals surface area contributed by atoms with Crippen molar-refractivity contribution in [1.29, 1.82) is 0 Å². The smallest absolute Gasteiger partial charge is 0.0923 e. The lowest BCUT2D eigenvalue weighted by Gasteiger charge is -2.30. The third kappa shape index (κ3) is 0.856. The van der Waals surface area contributed by atoms with Gasteiger partial charge < -0.3 is 0 Å². The summed E-state index contributed by atoms with van der Waals surface area (Å²) in [7, 11) is 0. The summed E-state index contributed by atoms with van der Waals surface area (Å²) < 4.78 is 0. The Hall–Kier alpha value is -1.94. The molecule has 0 saturated carbocycles. The number of allylic oxidation sites excluding steroid dienone is 2. The van der Waals surface area contributed by atoms with E-state index in [1.54, 1.807) is 6.20 Å². The predicted octanol–water partition coefficient (Wildman–Crippen LogP) is 1.29. The number of anilines is 1. The minimum atomic E-state index is 1.07. The van der Waals surface area contributed by atoms with Crippen LogP contribution in [0.5, 0.6) is 0 Å². The SMILES string of the molecule is NN1C=CC=C2c3ccccc3NN21. The van der Waals surface area contributed by atoms with Crippen LogP contribution in [0.4, 0.5) is 5.69 Å². The number of hydrogen-bond donors (Lipinski definition) is 2. The number of nitrogens with two attached hydrogens (primary N) is 1. The van der Waals surface area contributed by atoms with Gasteiger partial charge in [0.25, 0.3) is 0 Å². The zero-order valence-corrected chi connectivity index (χ0v) is 7.51. The molecule has 0 atom stereocenters. The molecule has 4 heteroatoms. The molecule has 3 rings (SSSR count). The van der Waals surface area contributed by atoms with Crippen molar-refractivity contribution in [3.05, 3.63) is 48.2 Å². The van der Waals surface area contributed by atoms with Gasteiger partial charge in [-0.2, -0.15) is 5.12 Å². The third-order valence-corrected chi connectivity index (χ3v) is 2.38. The second kappa shape index (κ2) is 2.52. The average Bonchev–Trinajstić information content (AvgIpc) is 2.59. The second-order valence-electron chi connectivity index (χ2n) is 3.24. The summed E-state index contributed by atoms with van der Waals surface area (Å²) in [6, 6.07) is 8.12. The van der Waals surface area contributed by atoms with Crippen LogP contribution in [0.2, 0.25) is 0 Å². The monoisotopic (exact) mass is 186 g/mol. The Balaban J connectivity index is 2.15. The first-order chi connectivity index (χ1) is 6.86. The maximum atomic E-state index is 5.77. The Morgan fingerprint density at radius 2 is 2.07 bits per heavy atom. The van der Waals surface area contributed by atoms with Gasteiger partial charge in [0.1, 0.15) is 0 Å². The lowest BCUT2D eigenvalue weighted by molar-refractivity contribution is 0.124. The molecular weight excluding hydrogens is 176 g/mol. The maximum absolute atomic E-state index is 5.77. The van der Waals surface area contributed by atoms with E-state index in [4.69, 9.17) is 5.84 Å². The van der Waals surface area contributed by atoms with E-state index in [0.717, 1.165) is 11.4 Å². The Morgan fingerprint density at radius 1 is 1.21 bits per heavy atom. The minimum absolute atomic E-state index is 1.07. The van der Waals surface area contributed by atoms with Gasteiger partial charge in [-0.3, -0.25) is 5.43 Å². The van der Waals surface area contributed by atoms with Gasteiger partial charge in [0, 0.05) is 11.8 Å². The first-order valence-electron chi connectivity index (χ1n) is 4.45. The number of nitrogens with one attached hydrogen (secondary N) is 1. The van der Waals surface area contributed by atoms with Gasteiger partial charge in [-0.15, -0.1) is 0 Å². The standard InChI is InChI=1S/C10H10N4/c11-13-7-3-6-10-8-4-1-2-5-9(8)12-14(10)13/h1-7,12H,11H2. The number of hydrazine groups is 3. The van der Waals surface area contributed by atoms with Gasteiger partial charge in [-0.05, 0) is 18.2 Å². The predicted molar refractivity (Wildman–Crippen MR) is 55.0 cm³/mol. The van der Waals surface area contributed by atoms with Crippen LogP contribution in [-0.4, -0.2) is 10.2 Å². The average molecular weight is 186 g/mol. The van der Waals surface area contributed by atoms with Crippen LogP contribution in [0.1, 0.15) is 5.56 Å². The highest BCUT2D eigenvalue weighted by atomic mass is 15.9. The molecule has 2 heterocycles. The van der Waals surface area contributed by atoms with Gasteiger partial charge in [0.05, 0.1) is 11.4 Å². The summed E-state index contributed by atoms with van der Waals surface area (Å²) in [6.45, 7) is 0. The van der Waals surface area contributed by atoms with Crippen molar-refractivity contribution in [1.82, 2.24) is 10.2 Å². The lowest BCUT2D eigenvalue weighted by atomic mass is 10.1. The Morgan fingerprint density at radius 3 is 3.00 bits per heavy atom. The first-order valence-corrected chi connectivity index (χ1v) is 4.45. The normalized spacial score (nSPS) is 17.4. The molecule has 14 heavy (non-hydrogen) atoms. The molecule has 3 N–H and O–H groups in total. The van der Waals surface area contributed by atoms with Crippen molar-refractivity contribution in [2.45, 2.75) is 0 Å². The van der Waals surface area contributed by atoms with Crippen LogP contribution in [0.25, 0.3) is 5.70 Å². The molecule has 1 aromatic rings. The fourth-order valence-electron chi connectivity index (χ4n) is 1.72. The van der Waals surface area contributed by atoms with Crippen molar-refractivity contribution in [2.24, 2.45) is 5.84 Å². The lowest BCUT2D eigenvalue weighted by Crippen LogP contribution is -2.44. The largest absolute Gasteiger partial charge is 0.278 e. The Labute approximate surface area is 81.8 Å². The zero-order valence-electron chi connectivity index (χ0n) is 7.51. The highest BCUT2D eigenvalue weighted by molar-refractivity contribution is 5.81. The topological polar surface area (TPSA) is 44.5 Å². The molecule has 0 bridgehead atoms. The van der Waals surface area contributed by atoms with Crippen LogP contribution < -0.4 is 11.3 Å². The molecule has 0 unspecified atom stereocenters. The van der Waals surface area contributed by atoms with E-state index in [1.165, 1.54) is 10.7 Å². The molecule has 1 aromatic carbocycles. The molecule has 2 aliphatic heterocycles. The molecule has 0 radical (unpaired) electrons. The summed E-state index contributed by atoms with van der Waals surface area (Å²) >= 11 is 0. The van der Waals surface area contributed by atoms with E-state index >= 15 is 0 Å². The highest BCUT2D eigenvalue weighted by Gasteiger charge is 2.26. The van der Waals surface area contributed by atoms with Crippen LogP contribution in [0.3, 0.4) is 0 Å². The molecular formula is C10H10N4. The van der Waals surface area contributed by atoms with Crippen molar-refractivity contribution in [3.63, 3.8) is 0 Å². The summed E-state index contributed by atoms with van der Waals surface area (Å²) in [5.41, 5.74) is 6.53. The molecule has 0 spiro atoms. The van der Waals surface area contributed by atoms with Crippen LogP contribution >= 0.6 is 0 Å². The fourth-order valence-corrected chi connectivity index (χ4v) is 1.72. The number of para-hydroxylation sites is 1. The highest BCUT2D eigenvalue weighted by Crippen LogP contribution is 2.35. The van der Waals surface area contributed by atoms with Crippen LogP contribution in [0, 0.1) is 0 Å². The van der Waals surface area contributed by atoms with Gasteiger partial charge in [0.15, 0.2) is 0 Å². The minimum Gasteiger partial charge on any atom is -0.278 e. The van der Waals surface area contributed by atoms with Crippen LogP contribution in [0.15, 0.2) is 42.6 Å². The van der Waals surface area contributed by atoms with E-state index < -0.39 is 0 Å². The van der Waals surface area contributed by atoms with Gasteiger partial charge >= 0.3 is 0 Å². The van der Waals surface area contributed by atoms with E-state index in [9.17, 15) is 0 Å². The summed E-state index contributed by atoms with van der Waals surface area (Å²) in [4.78, 5) is 0. The Bertz CT molecular complexity index is 436. The van der Waals surface area contributed by atoms with Crippen molar-refractivity contribution >= 4 is 11.4 Å². The van der Waals surface area contributed by atoms with Gasteiger partial charge in [0.2, 0.25) is 0 Å². The van der Waals surface area contributed by atoms with E-state index in [-0.39, 0.29) is 0 Å². The molecule has 0 fully saturated rings. The quantitative estimate of drug-likeness (QED) is 0.599. The van der Waals surface area contributed by atoms with Crippen molar-refractivity contribution in [2.75, 3.05) is 5.43 Å². The van der Waals surface area contributed by atoms with Gasteiger partial charge in [-0.25, -0.2) is 11.0 Å². The van der Waals surface area contributed by atoms with E-state index in [2.05, 4.69) is 11.5 Å². The van der Waals surface area contributed by atoms with E-state index in [1.807, 2.05) is 35.5 Å². The Kier molecular flexibility index (Phi) is 1.35. The summed E-state index contributed by atoms with van der Waals surface area (Å²) in [6.07, 6.45) is 5.75. The summed E-state index contributed by atoms with van der Waals surface area (Å²) in [5, 5.41) is 3.33. The van der Waals surface area contributed by atoms with Crippen LogP contribution in [-0.2, 0) is 0 Å². The van der Waals surface area contributed by atoms with Crippen molar-refractivity contribution in [3.8, 4) is 0 Å². The van der Waals surface area contributed by atoms with E-state index in [0.29, 0.717) is 0 Å². The van der Waals surface area contributed by atoms with Gasteiger partial charge in [-0.1, -0.05) is 18.2 Å². The molecule has 70 valence electrons. The third-order valence-electron chi connectivity index (χ3n) is 2.38. The molecule has 4 nitrogen and oxygen atoms in total. The molecule has 0 saturated heterocycles. The number of rotatable bonds is 0. The van der Waals surface area contributed by atoms with Crippen molar-refractivity contribution < 1.29 is 0 Å². The second-order valence-corrected chi connectivity index (χ2v) is 3.24. The number of hydrogen-bond acceptors (Lipinski definition) is 4. The molecule has 0 amide bonds.